The summed E-state index contributed by atoms with van der Waals surface area (Å²) >= 11 is 0. The number of methoxy groups -OCH3 is 1. The van der Waals surface area contributed by atoms with Crippen molar-refractivity contribution in [2.45, 2.75) is 11.8 Å². The van der Waals surface area contributed by atoms with Crippen molar-refractivity contribution in [2.75, 3.05) is 45.7 Å². The van der Waals surface area contributed by atoms with Crippen molar-refractivity contribution in [3.05, 3.63) is 53.6 Å². The van der Waals surface area contributed by atoms with E-state index in [4.69, 9.17) is 4.74 Å². The fraction of sp³-hybridized carbons (Fsp3) is 0.350. The summed E-state index contributed by atoms with van der Waals surface area (Å²) < 4.78 is 32.6. The largest absolute Gasteiger partial charge is 0.495 e. The van der Waals surface area contributed by atoms with Gasteiger partial charge < -0.3 is 15.0 Å². The Morgan fingerprint density at radius 2 is 1.79 bits per heavy atom. The molecule has 7 nitrogen and oxygen atoms in total. The number of benzene rings is 2. The van der Waals surface area contributed by atoms with E-state index in [2.05, 4.69) is 10.2 Å². The van der Waals surface area contributed by atoms with E-state index in [1.54, 1.807) is 18.2 Å². The van der Waals surface area contributed by atoms with E-state index in [0.717, 1.165) is 5.56 Å². The second kappa shape index (κ2) is 8.30. The molecule has 1 N–H and O–H groups in total. The van der Waals surface area contributed by atoms with Crippen molar-refractivity contribution in [3.63, 3.8) is 0 Å². The maximum atomic E-state index is 12.9. The highest BCUT2D eigenvalue weighted by Gasteiger charge is 2.28. The molecule has 0 bridgehead atoms. The molecule has 1 heterocycles. The zero-order valence-corrected chi connectivity index (χ0v) is 17.1. The number of ether oxygens (including phenoxy) is 1. The van der Waals surface area contributed by atoms with Crippen molar-refractivity contribution >= 4 is 21.6 Å². The number of sulfonamides is 1. The van der Waals surface area contributed by atoms with Gasteiger partial charge in [0.15, 0.2) is 0 Å². The van der Waals surface area contributed by atoms with Gasteiger partial charge in [-0.1, -0.05) is 12.1 Å². The van der Waals surface area contributed by atoms with Gasteiger partial charge in [-0.15, -0.1) is 0 Å². The third-order valence-electron chi connectivity index (χ3n) is 4.80. The summed E-state index contributed by atoms with van der Waals surface area (Å²) in [7, 11) is -0.134. The van der Waals surface area contributed by atoms with Crippen LogP contribution in [0.3, 0.4) is 0 Å². The fourth-order valence-electron chi connectivity index (χ4n) is 3.09. The first-order chi connectivity index (χ1) is 13.3. The minimum Gasteiger partial charge on any atom is -0.495 e. The van der Waals surface area contributed by atoms with E-state index in [0.29, 0.717) is 37.6 Å². The van der Waals surface area contributed by atoms with Gasteiger partial charge in [-0.05, 0) is 49.9 Å². The van der Waals surface area contributed by atoms with Crippen molar-refractivity contribution in [2.24, 2.45) is 0 Å². The van der Waals surface area contributed by atoms with Crippen molar-refractivity contribution < 1.29 is 17.9 Å². The second-order valence-electron chi connectivity index (χ2n) is 6.89. The van der Waals surface area contributed by atoms with Crippen LogP contribution in [0, 0.1) is 6.92 Å². The summed E-state index contributed by atoms with van der Waals surface area (Å²) in [5.74, 6) is 0.152. The van der Waals surface area contributed by atoms with Gasteiger partial charge in [0.25, 0.3) is 5.91 Å². The summed E-state index contributed by atoms with van der Waals surface area (Å²) in [5.41, 5.74) is 1.79. The van der Waals surface area contributed by atoms with Crippen LogP contribution in [0.5, 0.6) is 5.75 Å². The highest BCUT2D eigenvalue weighted by molar-refractivity contribution is 7.89. The second-order valence-corrected chi connectivity index (χ2v) is 8.83. The molecule has 3 rings (SSSR count). The molecule has 1 fully saturated rings. The molecule has 0 unspecified atom stereocenters. The predicted octanol–water partition coefficient (Wildman–Crippen LogP) is 2.19. The van der Waals surface area contributed by atoms with E-state index in [1.165, 1.54) is 23.5 Å². The quantitative estimate of drug-likeness (QED) is 0.828. The SMILES string of the molecule is COc1ccc(C)cc1NC(=O)c1cccc(S(=O)(=O)N2CCN(C)CC2)c1. The zero-order chi connectivity index (χ0) is 20.3. The number of anilines is 1. The normalized spacial score (nSPS) is 16.0. The molecule has 1 aliphatic heterocycles. The molecule has 0 aliphatic carbocycles. The van der Waals surface area contributed by atoms with Crippen LogP contribution >= 0.6 is 0 Å². The minimum atomic E-state index is -3.63. The minimum absolute atomic E-state index is 0.126. The average molecular weight is 404 g/mol. The Bertz CT molecular complexity index is 967. The zero-order valence-electron chi connectivity index (χ0n) is 16.3. The first-order valence-corrected chi connectivity index (χ1v) is 10.5. The van der Waals surface area contributed by atoms with E-state index < -0.39 is 10.0 Å². The summed E-state index contributed by atoms with van der Waals surface area (Å²) in [6.45, 7) is 4.17. The maximum Gasteiger partial charge on any atom is 0.255 e. The average Bonchev–Trinajstić information content (AvgIpc) is 2.68. The third-order valence-corrected chi connectivity index (χ3v) is 6.69. The molecular weight excluding hydrogens is 378 g/mol. The first kappa shape index (κ1) is 20.3. The Hall–Kier alpha value is -2.42. The molecule has 0 radical (unpaired) electrons. The van der Waals surface area contributed by atoms with Crippen LogP contribution in [-0.2, 0) is 10.0 Å². The number of amides is 1. The van der Waals surface area contributed by atoms with Gasteiger partial charge in [0.1, 0.15) is 5.75 Å². The fourth-order valence-corrected chi connectivity index (χ4v) is 4.56. The van der Waals surface area contributed by atoms with Gasteiger partial charge in [0.05, 0.1) is 17.7 Å². The summed E-state index contributed by atoms with van der Waals surface area (Å²) in [6.07, 6.45) is 0. The molecule has 0 saturated carbocycles. The van der Waals surface area contributed by atoms with Crippen LogP contribution in [0.1, 0.15) is 15.9 Å². The van der Waals surface area contributed by atoms with Crippen LogP contribution in [0.25, 0.3) is 0 Å². The van der Waals surface area contributed by atoms with Gasteiger partial charge in [-0.3, -0.25) is 4.79 Å². The van der Waals surface area contributed by atoms with Crippen molar-refractivity contribution in [3.8, 4) is 5.75 Å². The number of likely N-dealkylation sites (N-methyl/N-ethyl adjacent to an activating group) is 1. The molecular formula is C20H25N3O4S. The molecule has 0 spiro atoms. The van der Waals surface area contributed by atoms with E-state index in [1.807, 2.05) is 26.1 Å². The van der Waals surface area contributed by atoms with E-state index in [9.17, 15) is 13.2 Å². The molecule has 1 aliphatic rings. The molecule has 0 aromatic heterocycles. The highest BCUT2D eigenvalue weighted by Crippen LogP contribution is 2.26. The summed E-state index contributed by atoms with van der Waals surface area (Å²) in [6, 6.07) is 11.6. The molecule has 1 saturated heterocycles. The summed E-state index contributed by atoms with van der Waals surface area (Å²) in [5, 5.41) is 2.80. The number of carbonyl (C=O) groups excluding carboxylic acids is 1. The Labute approximate surface area is 166 Å². The first-order valence-electron chi connectivity index (χ1n) is 9.06. The Morgan fingerprint density at radius 3 is 2.46 bits per heavy atom. The Morgan fingerprint density at radius 1 is 1.07 bits per heavy atom. The predicted molar refractivity (Wildman–Crippen MR) is 108 cm³/mol. The standard InChI is InChI=1S/C20H25N3O4S/c1-15-7-8-19(27-3)18(13-15)21-20(24)16-5-4-6-17(14-16)28(25,26)23-11-9-22(2)10-12-23/h4-8,13-14H,9-12H2,1-3H3,(H,21,24). The number of nitrogens with one attached hydrogen (secondary N) is 1. The molecule has 1 amide bonds. The number of carbonyl (C=O) groups is 1. The number of rotatable bonds is 5. The molecule has 0 atom stereocenters. The molecule has 150 valence electrons. The lowest BCUT2D eigenvalue weighted by molar-refractivity contribution is 0.102. The third kappa shape index (κ3) is 4.35. The van der Waals surface area contributed by atoms with Gasteiger partial charge in [-0.25, -0.2) is 8.42 Å². The van der Waals surface area contributed by atoms with Gasteiger partial charge in [0.2, 0.25) is 10.0 Å². The van der Waals surface area contributed by atoms with Crippen LogP contribution in [0.2, 0.25) is 0 Å². The molecule has 28 heavy (non-hydrogen) atoms. The Kier molecular flexibility index (Phi) is 6.02. The van der Waals surface area contributed by atoms with Gasteiger partial charge >= 0.3 is 0 Å². The molecule has 2 aromatic carbocycles. The van der Waals surface area contributed by atoms with Crippen LogP contribution in [-0.4, -0.2) is 63.9 Å². The highest BCUT2D eigenvalue weighted by atomic mass is 32.2. The van der Waals surface area contributed by atoms with Crippen LogP contribution in [0.15, 0.2) is 47.4 Å². The van der Waals surface area contributed by atoms with Gasteiger partial charge in [-0.2, -0.15) is 4.31 Å². The van der Waals surface area contributed by atoms with Gasteiger partial charge in [0, 0.05) is 31.7 Å². The number of aryl methyl sites for hydroxylation is 1. The van der Waals surface area contributed by atoms with Crippen LogP contribution < -0.4 is 10.1 Å². The topological polar surface area (TPSA) is 78.9 Å². The lowest BCUT2D eigenvalue weighted by atomic mass is 10.1. The van der Waals surface area contributed by atoms with Crippen LogP contribution in [0.4, 0.5) is 5.69 Å². The van der Waals surface area contributed by atoms with Crippen molar-refractivity contribution in [1.82, 2.24) is 9.21 Å². The number of hydrogen-bond donors (Lipinski definition) is 1. The number of piperazine rings is 1. The molecule has 8 heteroatoms. The van der Waals surface area contributed by atoms with E-state index in [-0.39, 0.29) is 16.4 Å². The van der Waals surface area contributed by atoms with E-state index >= 15 is 0 Å². The molecule has 2 aromatic rings. The summed E-state index contributed by atoms with van der Waals surface area (Å²) in [4.78, 5) is 14.9. The number of nitrogens with zero attached hydrogens (tertiary/aromatic N) is 2. The lowest BCUT2D eigenvalue weighted by Crippen LogP contribution is -2.47. The van der Waals surface area contributed by atoms with Crippen molar-refractivity contribution in [1.29, 1.82) is 0 Å². The monoisotopic (exact) mass is 403 g/mol. The number of hydrogen-bond acceptors (Lipinski definition) is 5. The Balaban J connectivity index is 1.83. The maximum absolute atomic E-state index is 12.9. The smallest absolute Gasteiger partial charge is 0.255 e. The lowest BCUT2D eigenvalue weighted by Gasteiger charge is -2.31.